The minimum Gasteiger partial charge on any atom is -0.477 e. The summed E-state index contributed by atoms with van der Waals surface area (Å²) in [5.74, 6) is -0.616. The molecule has 0 amide bonds. The Balaban J connectivity index is 1.56. The summed E-state index contributed by atoms with van der Waals surface area (Å²) in [7, 11) is 0. The molecule has 0 bridgehead atoms. The molecule has 0 radical (unpaired) electrons. The number of rotatable bonds is 4. The van der Waals surface area contributed by atoms with Crippen LogP contribution in [0.3, 0.4) is 0 Å². The molecule has 0 aliphatic heterocycles. The molecule has 0 heterocycles. The zero-order chi connectivity index (χ0) is 19.8. The van der Waals surface area contributed by atoms with Crippen LogP contribution in [-0.2, 0) is 0 Å². The highest BCUT2D eigenvalue weighted by Gasteiger charge is 2.35. The Morgan fingerprint density at radius 1 is 1.07 bits per heavy atom. The Kier molecular flexibility index (Phi) is 5.39. The van der Waals surface area contributed by atoms with Crippen molar-refractivity contribution in [1.29, 1.82) is 0 Å². The fourth-order valence-corrected chi connectivity index (χ4v) is 5.76. The van der Waals surface area contributed by atoms with E-state index in [1.165, 1.54) is 38.5 Å². The minimum absolute atomic E-state index is 0.177. The van der Waals surface area contributed by atoms with Crippen molar-refractivity contribution in [2.24, 2.45) is 17.8 Å². The first-order valence-corrected chi connectivity index (χ1v) is 10.6. The van der Waals surface area contributed by atoms with Crippen LogP contribution in [0.15, 0.2) is 24.3 Å². The van der Waals surface area contributed by atoms with Crippen molar-refractivity contribution in [1.82, 2.24) is 0 Å². The minimum atomic E-state index is -1.57. The van der Waals surface area contributed by atoms with Gasteiger partial charge in [-0.1, -0.05) is 44.4 Å². The Bertz CT molecular complexity index is 892. The molecule has 0 saturated heterocycles. The molecule has 2 saturated carbocycles. The van der Waals surface area contributed by atoms with Crippen molar-refractivity contribution >= 4 is 16.7 Å². The van der Waals surface area contributed by atoms with Crippen LogP contribution in [0.5, 0.6) is 0 Å². The van der Waals surface area contributed by atoms with E-state index < -0.39 is 23.2 Å². The van der Waals surface area contributed by atoms with Gasteiger partial charge in [0.1, 0.15) is 17.2 Å². The smallest absolute Gasteiger partial charge is 0.341 e. The lowest BCUT2D eigenvalue weighted by molar-refractivity contribution is 0.0687. The summed E-state index contributed by atoms with van der Waals surface area (Å²) in [6.07, 6.45) is 10.2. The van der Waals surface area contributed by atoms with Gasteiger partial charge >= 0.3 is 5.97 Å². The van der Waals surface area contributed by atoms with Gasteiger partial charge in [0.2, 0.25) is 0 Å². The molecule has 4 atom stereocenters. The van der Waals surface area contributed by atoms with Crippen LogP contribution in [0.1, 0.15) is 80.1 Å². The Hall–Kier alpha value is -1.97. The number of aromatic carboxylic acids is 1. The number of carboxylic acid groups (broad SMARTS) is 1. The summed E-state index contributed by atoms with van der Waals surface area (Å²) in [5, 5.41) is 9.67. The van der Waals surface area contributed by atoms with E-state index in [0.29, 0.717) is 11.3 Å². The van der Waals surface area contributed by atoms with Gasteiger partial charge in [0.05, 0.1) is 0 Å². The van der Waals surface area contributed by atoms with Gasteiger partial charge in [0.25, 0.3) is 0 Å². The molecule has 0 spiro atoms. The highest BCUT2D eigenvalue weighted by molar-refractivity contribution is 5.95. The topological polar surface area (TPSA) is 37.3 Å². The molecule has 4 unspecified atom stereocenters. The molecule has 4 heteroatoms. The molecule has 4 rings (SSSR count). The van der Waals surface area contributed by atoms with Gasteiger partial charge in [-0.05, 0) is 72.8 Å². The summed E-state index contributed by atoms with van der Waals surface area (Å²) in [4.78, 5) is 11.1. The summed E-state index contributed by atoms with van der Waals surface area (Å²) in [6.45, 7) is 2.27. The molecule has 2 aromatic rings. The summed E-state index contributed by atoms with van der Waals surface area (Å²) < 4.78 is 28.6. The first-order valence-electron chi connectivity index (χ1n) is 10.6. The highest BCUT2D eigenvalue weighted by atomic mass is 19.1. The van der Waals surface area contributed by atoms with E-state index >= 15 is 0 Å². The lowest BCUT2D eigenvalue weighted by Gasteiger charge is -2.42. The van der Waals surface area contributed by atoms with E-state index in [1.54, 1.807) is 6.07 Å². The van der Waals surface area contributed by atoms with Crippen molar-refractivity contribution < 1.29 is 18.7 Å². The predicted molar refractivity (Wildman–Crippen MR) is 107 cm³/mol. The third kappa shape index (κ3) is 3.54. The van der Waals surface area contributed by atoms with Crippen molar-refractivity contribution in [3.8, 4) is 0 Å². The molecule has 2 fully saturated rings. The first kappa shape index (κ1) is 19.4. The number of benzene rings is 2. The maximum absolute atomic E-state index is 14.5. The maximum Gasteiger partial charge on any atom is 0.341 e. The van der Waals surface area contributed by atoms with Gasteiger partial charge in [-0.3, -0.25) is 0 Å². The molecule has 2 aliphatic rings. The van der Waals surface area contributed by atoms with Crippen LogP contribution in [0.2, 0.25) is 0 Å². The van der Waals surface area contributed by atoms with Crippen LogP contribution >= 0.6 is 0 Å². The molecular formula is C24H28F2O2. The Morgan fingerprint density at radius 2 is 1.82 bits per heavy atom. The molecule has 150 valence electrons. The van der Waals surface area contributed by atoms with Crippen LogP contribution < -0.4 is 0 Å². The highest BCUT2D eigenvalue weighted by Crippen LogP contribution is 2.48. The summed E-state index contributed by atoms with van der Waals surface area (Å²) in [6, 6.07) is 6.55. The fraction of sp³-hybridized carbons (Fsp3) is 0.542. The molecule has 2 nitrogen and oxygen atoms in total. The third-order valence-electron chi connectivity index (χ3n) is 7.16. The fourth-order valence-electron chi connectivity index (χ4n) is 5.76. The number of fused-ring (bicyclic) bond motifs is 2. The van der Waals surface area contributed by atoms with Gasteiger partial charge in [-0.25, -0.2) is 13.6 Å². The second-order valence-electron chi connectivity index (χ2n) is 8.83. The van der Waals surface area contributed by atoms with E-state index in [2.05, 4.69) is 6.92 Å². The van der Waals surface area contributed by atoms with E-state index in [0.717, 1.165) is 42.2 Å². The Morgan fingerprint density at radius 3 is 2.57 bits per heavy atom. The van der Waals surface area contributed by atoms with E-state index in [9.17, 15) is 13.6 Å². The van der Waals surface area contributed by atoms with E-state index in [-0.39, 0.29) is 5.39 Å². The standard InChI is InChI=1S/C24H28F2O2/c1-2-3-14-4-5-16-11-17(7-6-15(16)10-14)18-8-9-20-19(12-18)13-21(25)22(23(20)26)24(27)28/h8-9,12-17H,2-7,10-11H2,1H3,(H,27,28). The lowest BCUT2D eigenvalue weighted by Crippen LogP contribution is -2.30. The van der Waals surface area contributed by atoms with Gasteiger partial charge in [-0.15, -0.1) is 0 Å². The maximum atomic E-state index is 14.5. The van der Waals surface area contributed by atoms with Gasteiger partial charge in [0, 0.05) is 5.39 Å². The van der Waals surface area contributed by atoms with Crippen molar-refractivity contribution in [3.05, 3.63) is 47.0 Å². The van der Waals surface area contributed by atoms with Crippen molar-refractivity contribution in [3.63, 3.8) is 0 Å². The number of hydrogen-bond acceptors (Lipinski definition) is 1. The van der Waals surface area contributed by atoms with Gasteiger partial charge in [0.15, 0.2) is 0 Å². The molecule has 0 aromatic heterocycles. The second kappa shape index (κ2) is 7.81. The van der Waals surface area contributed by atoms with Gasteiger partial charge in [-0.2, -0.15) is 0 Å². The monoisotopic (exact) mass is 386 g/mol. The number of hydrogen-bond donors (Lipinski definition) is 1. The van der Waals surface area contributed by atoms with E-state index in [1.807, 2.05) is 12.1 Å². The van der Waals surface area contributed by atoms with Crippen molar-refractivity contribution in [2.75, 3.05) is 0 Å². The first-order chi connectivity index (χ1) is 13.5. The second-order valence-corrected chi connectivity index (χ2v) is 8.83. The molecule has 2 aromatic carbocycles. The zero-order valence-corrected chi connectivity index (χ0v) is 16.4. The summed E-state index contributed by atoms with van der Waals surface area (Å²) >= 11 is 0. The zero-order valence-electron chi connectivity index (χ0n) is 16.4. The van der Waals surface area contributed by atoms with Crippen LogP contribution in [0.4, 0.5) is 8.78 Å². The van der Waals surface area contributed by atoms with Crippen molar-refractivity contribution in [2.45, 2.75) is 64.2 Å². The molecule has 2 aliphatic carbocycles. The molecule has 28 heavy (non-hydrogen) atoms. The lowest BCUT2D eigenvalue weighted by atomic mass is 9.63. The number of halogens is 2. The predicted octanol–water partition coefficient (Wildman–Crippen LogP) is 6.92. The largest absolute Gasteiger partial charge is 0.477 e. The van der Waals surface area contributed by atoms with Gasteiger partial charge < -0.3 is 5.11 Å². The van der Waals surface area contributed by atoms with Crippen LogP contribution in [0.25, 0.3) is 10.8 Å². The normalized spacial score (nSPS) is 27.5. The summed E-state index contributed by atoms with van der Waals surface area (Å²) in [5.41, 5.74) is 0.258. The Labute approximate surface area is 164 Å². The van der Waals surface area contributed by atoms with E-state index in [4.69, 9.17) is 5.11 Å². The van der Waals surface area contributed by atoms with Crippen LogP contribution in [-0.4, -0.2) is 11.1 Å². The number of carbonyl (C=O) groups is 1. The average Bonchev–Trinajstić information content (AvgIpc) is 2.67. The average molecular weight is 386 g/mol. The number of carboxylic acids is 1. The quantitative estimate of drug-likeness (QED) is 0.619. The van der Waals surface area contributed by atoms with Crippen LogP contribution in [0, 0.1) is 29.4 Å². The third-order valence-corrected chi connectivity index (χ3v) is 7.16. The molecule has 1 N–H and O–H groups in total. The SMILES string of the molecule is CCCC1CCC2CC(c3ccc4c(F)c(C(=O)O)c(F)cc4c3)CCC2C1. The molecular weight excluding hydrogens is 358 g/mol.